The Bertz CT molecular complexity index is 377. The normalized spacial score (nSPS) is 10.1. The summed E-state index contributed by atoms with van der Waals surface area (Å²) in [5.74, 6) is -0.649. The van der Waals surface area contributed by atoms with Gasteiger partial charge in [-0.25, -0.2) is 4.39 Å². The zero-order chi connectivity index (χ0) is 11.4. The number of carbonyl (C=O) groups is 1. The summed E-state index contributed by atoms with van der Waals surface area (Å²) in [5, 5.41) is 0. The first-order valence-electron chi connectivity index (χ1n) is 4.65. The molecule has 1 rings (SSSR count). The van der Waals surface area contributed by atoms with Gasteiger partial charge in [0.2, 0.25) is 0 Å². The van der Waals surface area contributed by atoms with Crippen molar-refractivity contribution in [3.05, 3.63) is 33.5 Å². The molecule has 0 fully saturated rings. The van der Waals surface area contributed by atoms with Crippen LogP contribution in [-0.2, 0) is 16.0 Å². The molecule has 15 heavy (non-hydrogen) atoms. The highest BCUT2D eigenvalue weighted by molar-refractivity contribution is 9.10. The van der Waals surface area contributed by atoms with Gasteiger partial charge in [0, 0.05) is 4.47 Å². The Hall–Kier alpha value is -0.900. The van der Waals surface area contributed by atoms with Crippen molar-refractivity contribution in [2.24, 2.45) is 0 Å². The van der Waals surface area contributed by atoms with Crippen LogP contribution < -0.4 is 0 Å². The summed E-state index contributed by atoms with van der Waals surface area (Å²) in [4.78, 5) is 11.3. The number of esters is 1. The highest BCUT2D eigenvalue weighted by Gasteiger charge is 2.12. The lowest BCUT2D eigenvalue weighted by Crippen LogP contribution is -2.09. The predicted octanol–water partition coefficient (Wildman–Crippen LogP) is 3.00. The van der Waals surface area contributed by atoms with Crippen LogP contribution in [0.4, 0.5) is 4.39 Å². The minimum atomic E-state index is -0.341. The van der Waals surface area contributed by atoms with Crippen molar-refractivity contribution in [3.63, 3.8) is 0 Å². The highest BCUT2D eigenvalue weighted by Crippen LogP contribution is 2.23. The summed E-state index contributed by atoms with van der Waals surface area (Å²) in [5.41, 5.74) is 1.13. The molecule has 0 atom stereocenters. The molecule has 0 aliphatic heterocycles. The maximum Gasteiger partial charge on any atom is 0.310 e. The minimum Gasteiger partial charge on any atom is -0.466 e. The van der Waals surface area contributed by atoms with Crippen molar-refractivity contribution in [2.75, 3.05) is 6.61 Å². The van der Waals surface area contributed by atoms with Crippen molar-refractivity contribution in [3.8, 4) is 0 Å². The van der Waals surface area contributed by atoms with Crippen LogP contribution in [0.5, 0.6) is 0 Å². The van der Waals surface area contributed by atoms with Gasteiger partial charge in [0.25, 0.3) is 0 Å². The molecule has 0 aliphatic rings. The average Bonchev–Trinajstić information content (AvgIpc) is 2.19. The number of hydrogen-bond donors (Lipinski definition) is 0. The Morgan fingerprint density at radius 1 is 1.53 bits per heavy atom. The molecule has 0 aromatic heterocycles. The molecule has 0 heterocycles. The summed E-state index contributed by atoms with van der Waals surface area (Å²) >= 11 is 3.29. The molecule has 0 amide bonds. The topological polar surface area (TPSA) is 26.3 Å². The molecule has 0 aliphatic carbocycles. The van der Waals surface area contributed by atoms with E-state index < -0.39 is 0 Å². The molecule has 1 aromatic carbocycles. The number of halogens is 2. The molecule has 0 radical (unpaired) electrons. The van der Waals surface area contributed by atoms with Crippen LogP contribution in [0.2, 0.25) is 0 Å². The molecule has 0 saturated carbocycles. The van der Waals surface area contributed by atoms with Crippen molar-refractivity contribution < 1.29 is 13.9 Å². The van der Waals surface area contributed by atoms with Crippen molar-refractivity contribution in [1.82, 2.24) is 0 Å². The average molecular weight is 275 g/mol. The molecule has 4 heteroatoms. The minimum absolute atomic E-state index is 0.0953. The highest BCUT2D eigenvalue weighted by atomic mass is 79.9. The van der Waals surface area contributed by atoms with E-state index in [0.29, 0.717) is 17.7 Å². The maximum absolute atomic E-state index is 13.2. The van der Waals surface area contributed by atoms with Crippen LogP contribution >= 0.6 is 15.9 Å². The third-order valence-corrected chi connectivity index (χ3v) is 2.84. The second-order valence-electron chi connectivity index (χ2n) is 3.11. The van der Waals surface area contributed by atoms with Crippen molar-refractivity contribution in [1.29, 1.82) is 0 Å². The van der Waals surface area contributed by atoms with Gasteiger partial charge in [-0.1, -0.05) is 15.9 Å². The van der Waals surface area contributed by atoms with E-state index in [9.17, 15) is 9.18 Å². The van der Waals surface area contributed by atoms with Crippen LogP contribution in [-0.4, -0.2) is 12.6 Å². The smallest absolute Gasteiger partial charge is 0.310 e. The van der Waals surface area contributed by atoms with E-state index in [1.165, 1.54) is 6.07 Å². The standard InChI is InChI=1S/C11H12BrFO2/c1-3-15-11(14)6-8-7(2)10(13)5-4-9(8)12/h4-5H,3,6H2,1-2H3. The first kappa shape index (κ1) is 12.2. The fraction of sp³-hybridized carbons (Fsp3) is 0.364. The van der Waals surface area contributed by atoms with Gasteiger partial charge < -0.3 is 4.74 Å². The first-order valence-corrected chi connectivity index (χ1v) is 5.44. The molecule has 0 bridgehead atoms. The predicted molar refractivity (Wildman–Crippen MR) is 59.2 cm³/mol. The molecule has 0 unspecified atom stereocenters. The van der Waals surface area contributed by atoms with Crippen molar-refractivity contribution in [2.45, 2.75) is 20.3 Å². The maximum atomic E-state index is 13.2. The van der Waals surface area contributed by atoms with Gasteiger partial charge in [0.05, 0.1) is 13.0 Å². The molecule has 82 valence electrons. The number of rotatable bonds is 3. The molecule has 0 saturated heterocycles. The van der Waals surface area contributed by atoms with Crippen LogP contribution in [0.15, 0.2) is 16.6 Å². The zero-order valence-corrected chi connectivity index (χ0v) is 10.2. The fourth-order valence-electron chi connectivity index (χ4n) is 1.27. The number of benzene rings is 1. The van der Waals surface area contributed by atoms with E-state index in [4.69, 9.17) is 4.74 Å². The molecular weight excluding hydrogens is 263 g/mol. The Labute approximate surface area is 96.6 Å². The third-order valence-electron chi connectivity index (χ3n) is 2.10. The first-order chi connectivity index (χ1) is 7.06. The quantitative estimate of drug-likeness (QED) is 0.793. The fourth-order valence-corrected chi connectivity index (χ4v) is 1.84. The summed E-state index contributed by atoms with van der Waals surface area (Å²) < 4.78 is 18.8. The van der Waals surface area contributed by atoms with Gasteiger partial charge in [-0.2, -0.15) is 0 Å². The third kappa shape index (κ3) is 3.02. The lowest BCUT2D eigenvalue weighted by Gasteiger charge is -2.08. The Kier molecular flexibility index (Phi) is 4.27. The van der Waals surface area contributed by atoms with Crippen LogP contribution in [0.3, 0.4) is 0 Å². The number of hydrogen-bond acceptors (Lipinski definition) is 2. The lowest BCUT2D eigenvalue weighted by molar-refractivity contribution is -0.142. The summed E-state index contributed by atoms with van der Waals surface area (Å²) in [6, 6.07) is 2.96. The van der Waals surface area contributed by atoms with E-state index in [0.717, 1.165) is 4.47 Å². The van der Waals surface area contributed by atoms with Crippen LogP contribution in [0, 0.1) is 12.7 Å². The van der Waals surface area contributed by atoms with Crippen LogP contribution in [0.1, 0.15) is 18.1 Å². The molecule has 0 spiro atoms. The molecule has 2 nitrogen and oxygen atoms in total. The van der Waals surface area contributed by atoms with Gasteiger partial charge in [0.15, 0.2) is 0 Å². The van der Waals surface area contributed by atoms with Gasteiger partial charge in [-0.15, -0.1) is 0 Å². The van der Waals surface area contributed by atoms with Crippen molar-refractivity contribution >= 4 is 21.9 Å². The van der Waals surface area contributed by atoms with Gasteiger partial charge in [-0.05, 0) is 37.1 Å². The second kappa shape index (κ2) is 5.26. The van der Waals surface area contributed by atoms with E-state index in [2.05, 4.69) is 15.9 Å². The Morgan fingerprint density at radius 3 is 2.80 bits per heavy atom. The zero-order valence-electron chi connectivity index (χ0n) is 8.64. The molecular formula is C11H12BrFO2. The van der Waals surface area contributed by atoms with E-state index in [1.54, 1.807) is 19.9 Å². The van der Waals surface area contributed by atoms with Gasteiger partial charge >= 0.3 is 5.97 Å². The summed E-state index contributed by atoms with van der Waals surface area (Å²) in [6.45, 7) is 3.73. The largest absolute Gasteiger partial charge is 0.466 e. The summed E-state index contributed by atoms with van der Waals surface area (Å²) in [6.07, 6.45) is 0.0953. The van der Waals surface area contributed by atoms with E-state index >= 15 is 0 Å². The SMILES string of the molecule is CCOC(=O)Cc1c(Br)ccc(F)c1C. The monoisotopic (exact) mass is 274 g/mol. The molecule has 0 N–H and O–H groups in total. The molecule has 1 aromatic rings. The van der Waals surface area contributed by atoms with Gasteiger partial charge in [-0.3, -0.25) is 4.79 Å². The number of carbonyl (C=O) groups excluding carboxylic acids is 1. The van der Waals surface area contributed by atoms with Crippen LogP contribution in [0.25, 0.3) is 0 Å². The Balaban J connectivity index is 2.93. The van der Waals surface area contributed by atoms with E-state index in [1.807, 2.05) is 0 Å². The second-order valence-corrected chi connectivity index (χ2v) is 3.97. The Morgan fingerprint density at radius 2 is 2.20 bits per heavy atom. The van der Waals surface area contributed by atoms with E-state index in [-0.39, 0.29) is 18.2 Å². The lowest BCUT2D eigenvalue weighted by atomic mass is 10.1. The number of ether oxygens (including phenoxy) is 1. The summed E-state index contributed by atoms with van der Waals surface area (Å²) in [7, 11) is 0. The van der Waals surface area contributed by atoms with Gasteiger partial charge in [0.1, 0.15) is 5.82 Å².